The molecule has 0 saturated heterocycles. The normalized spacial score (nSPS) is 20.6. The number of benzene rings is 1. The van der Waals surface area contributed by atoms with Gasteiger partial charge in [0, 0.05) is 22.3 Å². The molecule has 2 nitrogen and oxygen atoms in total. The molecule has 88 valence electrons. The summed E-state index contributed by atoms with van der Waals surface area (Å²) >= 11 is 1.95. The van der Waals surface area contributed by atoms with Gasteiger partial charge in [-0.1, -0.05) is 6.07 Å². The first-order valence-corrected chi connectivity index (χ1v) is 6.71. The number of hydrogen-bond acceptors (Lipinski definition) is 3. The van der Waals surface area contributed by atoms with Crippen molar-refractivity contribution >= 4 is 11.8 Å². The van der Waals surface area contributed by atoms with Crippen LogP contribution in [0.4, 0.5) is 0 Å². The monoisotopic (exact) mass is 237 g/mol. The minimum absolute atomic E-state index is 0.557. The van der Waals surface area contributed by atoms with Crippen molar-refractivity contribution in [2.75, 3.05) is 19.9 Å². The summed E-state index contributed by atoms with van der Waals surface area (Å²) in [6.07, 6.45) is 1.18. The smallest absolute Gasteiger partial charge is 0.123 e. The number of nitrogens with one attached hydrogen (secondary N) is 1. The second-order valence-corrected chi connectivity index (χ2v) is 5.37. The number of hydrogen-bond donors (Lipinski definition) is 1. The third-order valence-corrected chi connectivity index (χ3v) is 4.46. The number of fused-ring (bicyclic) bond motifs is 1. The predicted octanol–water partition coefficient (Wildman–Crippen LogP) is 2.88. The zero-order valence-electron chi connectivity index (χ0n) is 10.1. The van der Waals surface area contributed by atoms with Crippen molar-refractivity contribution in [1.29, 1.82) is 0 Å². The van der Waals surface area contributed by atoms with E-state index in [2.05, 4.69) is 30.4 Å². The van der Waals surface area contributed by atoms with E-state index in [0.29, 0.717) is 12.0 Å². The molecule has 0 aromatic heterocycles. The van der Waals surface area contributed by atoms with E-state index >= 15 is 0 Å². The van der Waals surface area contributed by atoms with Crippen LogP contribution >= 0.6 is 11.8 Å². The number of ether oxygens (including phenoxy) is 1. The van der Waals surface area contributed by atoms with E-state index in [0.717, 1.165) is 5.75 Å². The average molecular weight is 237 g/mol. The molecule has 3 heteroatoms. The number of rotatable bonds is 4. The molecule has 16 heavy (non-hydrogen) atoms. The minimum Gasteiger partial charge on any atom is -0.496 e. The van der Waals surface area contributed by atoms with E-state index in [1.54, 1.807) is 7.11 Å². The van der Waals surface area contributed by atoms with Crippen molar-refractivity contribution in [3.05, 3.63) is 23.8 Å². The van der Waals surface area contributed by atoms with Gasteiger partial charge < -0.3 is 10.1 Å². The molecule has 1 aromatic carbocycles. The zero-order valence-corrected chi connectivity index (χ0v) is 10.9. The highest BCUT2D eigenvalue weighted by Gasteiger charge is 2.27. The van der Waals surface area contributed by atoms with E-state index in [-0.39, 0.29) is 0 Å². The van der Waals surface area contributed by atoms with Gasteiger partial charge in [-0.2, -0.15) is 0 Å². The molecule has 1 aliphatic heterocycles. The van der Waals surface area contributed by atoms with Gasteiger partial charge in [0.05, 0.1) is 7.11 Å². The molecule has 2 atom stereocenters. The predicted molar refractivity (Wildman–Crippen MR) is 69.6 cm³/mol. The molecular formula is C13H19NOS. The molecule has 0 fully saturated rings. The summed E-state index contributed by atoms with van der Waals surface area (Å²) in [5.41, 5.74) is 1.41. The second-order valence-electron chi connectivity index (χ2n) is 4.31. The Hall–Kier alpha value is -0.670. The van der Waals surface area contributed by atoms with Crippen LogP contribution in [0.15, 0.2) is 23.1 Å². The molecule has 1 N–H and O–H groups in total. The van der Waals surface area contributed by atoms with Crippen LogP contribution in [0.1, 0.15) is 24.8 Å². The highest BCUT2D eigenvalue weighted by Crippen LogP contribution is 2.46. The van der Waals surface area contributed by atoms with Crippen molar-refractivity contribution < 1.29 is 4.74 Å². The Morgan fingerprint density at radius 2 is 2.38 bits per heavy atom. The van der Waals surface area contributed by atoms with Gasteiger partial charge in [0.2, 0.25) is 0 Å². The summed E-state index contributed by atoms with van der Waals surface area (Å²) in [7, 11) is 3.78. The molecule has 1 heterocycles. The second kappa shape index (κ2) is 5.11. The van der Waals surface area contributed by atoms with Gasteiger partial charge in [-0.15, -0.1) is 11.8 Å². The van der Waals surface area contributed by atoms with Gasteiger partial charge in [-0.25, -0.2) is 0 Å². The fourth-order valence-electron chi connectivity index (χ4n) is 2.23. The topological polar surface area (TPSA) is 21.3 Å². The summed E-state index contributed by atoms with van der Waals surface area (Å²) < 4.78 is 5.47. The van der Waals surface area contributed by atoms with Crippen molar-refractivity contribution in [1.82, 2.24) is 5.32 Å². The Morgan fingerprint density at radius 1 is 1.56 bits per heavy atom. The quantitative estimate of drug-likeness (QED) is 0.870. The Morgan fingerprint density at radius 3 is 3.06 bits per heavy atom. The van der Waals surface area contributed by atoms with Crippen molar-refractivity contribution in [2.24, 2.45) is 0 Å². The average Bonchev–Trinajstić information content (AvgIpc) is 2.72. The van der Waals surface area contributed by atoms with E-state index < -0.39 is 0 Å². The molecule has 0 spiro atoms. The first kappa shape index (κ1) is 11.8. The molecule has 1 aromatic rings. The highest BCUT2D eigenvalue weighted by molar-refractivity contribution is 7.99. The summed E-state index contributed by atoms with van der Waals surface area (Å²) in [6.45, 7) is 2.23. The van der Waals surface area contributed by atoms with Crippen LogP contribution < -0.4 is 10.1 Å². The van der Waals surface area contributed by atoms with Crippen molar-refractivity contribution in [3.8, 4) is 5.75 Å². The summed E-state index contributed by atoms with van der Waals surface area (Å²) in [5.74, 6) is 2.86. The molecule has 0 amide bonds. The first-order valence-electron chi connectivity index (χ1n) is 5.73. The van der Waals surface area contributed by atoms with Crippen LogP contribution in [0.5, 0.6) is 5.75 Å². The lowest BCUT2D eigenvalue weighted by Gasteiger charge is -2.18. The van der Waals surface area contributed by atoms with Crippen LogP contribution in [0, 0.1) is 0 Å². The first-order chi connectivity index (χ1) is 7.76. The van der Waals surface area contributed by atoms with E-state index in [4.69, 9.17) is 4.74 Å². The van der Waals surface area contributed by atoms with Crippen LogP contribution in [0.25, 0.3) is 0 Å². The molecule has 2 unspecified atom stereocenters. The van der Waals surface area contributed by atoms with Crippen LogP contribution in [-0.2, 0) is 0 Å². The Balaban J connectivity index is 2.23. The zero-order chi connectivity index (χ0) is 11.5. The lowest BCUT2D eigenvalue weighted by molar-refractivity contribution is 0.401. The maximum absolute atomic E-state index is 5.47. The van der Waals surface area contributed by atoms with Gasteiger partial charge in [-0.3, -0.25) is 0 Å². The van der Waals surface area contributed by atoms with Gasteiger partial charge in [0.15, 0.2) is 0 Å². The lowest BCUT2D eigenvalue weighted by atomic mass is 9.94. The third kappa shape index (κ3) is 2.20. The van der Waals surface area contributed by atoms with Crippen molar-refractivity contribution in [3.63, 3.8) is 0 Å². The number of thioether (sulfide) groups is 1. The SMILES string of the molecule is CNC(C)CC1CSc2cccc(OC)c21. The minimum atomic E-state index is 0.557. The Kier molecular flexibility index (Phi) is 3.77. The Labute approximate surface area is 102 Å². The van der Waals surface area contributed by atoms with Crippen LogP contribution in [-0.4, -0.2) is 26.0 Å². The summed E-state index contributed by atoms with van der Waals surface area (Å²) in [4.78, 5) is 1.40. The molecule has 1 aliphatic rings. The van der Waals surface area contributed by atoms with E-state index in [9.17, 15) is 0 Å². The molecule has 0 aliphatic carbocycles. The summed E-state index contributed by atoms with van der Waals surface area (Å²) in [6, 6.07) is 6.91. The fraction of sp³-hybridized carbons (Fsp3) is 0.538. The maximum Gasteiger partial charge on any atom is 0.123 e. The van der Waals surface area contributed by atoms with Gasteiger partial charge in [0.25, 0.3) is 0 Å². The maximum atomic E-state index is 5.47. The lowest BCUT2D eigenvalue weighted by Crippen LogP contribution is -2.23. The van der Waals surface area contributed by atoms with Crippen molar-refractivity contribution in [2.45, 2.75) is 30.2 Å². The molecule has 0 saturated carbocycles. The molecule has 0 bridgehead atoms. The van der Waals surface area contributed by atoms with E-state index in [1.165, 1.54) is 22.6 Å². The van der Waals surface area contributed by atoms with Crippen LogP contribution in [0.2, 0.25) is 0 Å². The Bertz CT molecular complexity index is 367. The van der Waals surface area contributed by atoms with E-state index in [1.807, 2.05) is 18.8 Å². The van der Waals surface area contributed by atoms with Gasteiger partial charge >= 0.3 is 0 Å². The highest BCUT2D eigenvalue weighted by atomic mass is 32.2. The van der Waals surface area contributed by atoms with Gasteiger partial charge in [-0.05, 0) is 38.4 Å². The standard InChI is InChI=1S/C13H19NOS/c1-9(14-2)7-10-8-16-12-6-4-5-11(15-3)13(10)12/h4-6,9-10,14H,7-8H2,1-3H3. The van der Waals surface area contributed by atoms with Crippen LogP contribution in [0.3, 0.4) is 0 Å². The third-order valence-electron chi connectivity index (χ3n) is 3.23. The molecule has 0 radical (unpaired) electrons. The number of methoxy groups -OCH3 is 1. The molecule has 2 rings (SSSR count). The molecular weight excluding hydrogens is 218 g/mol. The fourth-order valence-corrected chi connectivity index (χ4v) is 3.52. The summed E-state index contributed by atoms with van der Waals surface area (Å²) in [5, 5.41) is 3.31. The van der Waals surface area contributed by atoms with Gasteiger partial charge in [0.1, 0.15) is 5.75 Å². The largest absolute Gasteiger partial charge is 0.496 e.